The van der Waals surface area contributed by atoms with Gasteiger partial charge in [-0.2, -0.15) is 0 Å². The summed E-state index contributed by atoms with van der Waals surface area (Å²) in [5.74, 6) is -0.0662. The molecule has 19 heavy (non-hydrogen) atoms. The Balaban J connectivity index is 2.04. The second-order valence-electron chi connectivity index (χ2n) is 5.61. The molecule has 106 valence electrons. The maximum Gasteiger partial charge on any atom is 0.127 e. The van der Waals surface area contributed by atoms with Gasteiger partial charge in [0.05, 0.1) is 0 Å². The van der Waals surface area contributed by atoms with Crippen LogP contribution in [0.15, 0.2) is 18.2 Å². The van der Waals surface area contributed by atoms with Crippen molar-refractivity contribution in [2.24, 2.45) is 0 Å². The van der Waals surface area contributed by atoms with Gasteiger partial charge < -0.3 is 5.32 Å². The minimum atomic E-state index is -0.0662. The number of nitrogens with zero attached hydrogens (tertiary/aromatic N) is 1. The standard InChI is InChI=1S/C16H25FN2/c1-13-6-7-16(17)14(11-13)12-19-10-4-3-5-15(19)8-9-18-2/h6-7,11,15,18H,3-5,8-10,12H2,1-2H3. The molecule has 1 N–H and O–H groups in total. The fraction of sp³-hybridized carbons (Fsp3) is 0.625. The molecule has 1 fully saturated rings. The van der Waals surface area contributed by atoms with E-state index in [2.05, 4.69) is 10.2 Å². The van der Waals surface area contributed by atoms with E-state index in [0.717, 1.165) is 37.2 Å². The zero-order valence-corrected chi connectivity index (χ0v) is 12.1. The van der Waals surface area contributed by atoms with Crippen molar-refractivity contribution in [2.45, 2.75) is 45.2 Å². The van der Waals surface area contributed by atoms with Gasteiger partial charge in [-0.3, -0.25) is 4.90 Å². The van der Waals surface area contributed by atoms with Gasteiger partial charge in [-0.05, 0) is 52.4 Å². The van der Waals surface area contributed by atoms with Crippen LogP contribution in [0, 0.1) is 12.7 Å². The summed E-state index contributed by atoms with van der Waals surface area (Å²) in [6.45, 7) is 4.92. The zero-order chi connectivity index (χ0) is 13.7. The molecule has 1 saturated heterocycles. The monoisotopic (exact) mass is 264 g/mol. The molecule has 2 nitrogen and oxygen atoms in total. The van der Waals surface area contributed by atoms with Crippen LogP contribution in [0.25, 0.3) is 0 Å². The summed E-state index contributed by atoms with van der Waals surface area (Å²) < 4.78 is 13.9. The molecular formula is C16H25FN2. The molecule has 0 spiro atoms. The summed E-state index contributed by atoms with van der Waals surface area (Å²) >= 11 is 0. The van der Waals surface area contributed by atoms with Crippen LogP contribution in [0.2, 0.25) is 0 Å². The van der Waals surface area contributed by atoms with Crippen molar-refractivity contribution in [3.8, 4) is 0 Å². The van der Waals surface area contributed by atoms with Gasteiger partial charge >= 0.3 is 0 Å². The SMILES string of the molecule is CNCCC1CCCCN1Cc1cc(C)ccc1F. The first-order chi connectivity index (χ1) is 9.20. The van der Waals surface area contributed by atoms with Crippen molar-refractivity contribution < 1.29 is 4.39 Å². The van der Waals surface area contributed by atoms with Gasteiger partial charge in [0.2, 0.25) is 0 Å². The minimum absolute atomic E-state index is 0.0662. The van der Waals surface area contributed by atoms with Crippen molar-refractivity contribution in [3.05, 3.63) is 35.1 Å². The summed E-state index contributed by atoms with van der Waals surface area (Å²) in [6, 6.07) is 6.02. The van der Waals surface area contributed by atoms with E-state index in [0.29, 0.717) is 6.04 Å². The second kappa shape index (κ2) is 7.01. The number of rotatable bonds is 5. The molecule has 1 aliphatic heterocycles. The number of hydrogen-bond donors (Lipinski definition) is 1. The molecule has 0 radical (unpaired) electrons. The van der Waals surface area contributed by atoms with Crippen molar-refractivity contribution in [3.63, 3.8) is 0 Å². The summed E-state index contributed by atoms with van der Waals surface area (Å²) in [5.41, 5.74) is 1.98. The highest BCUT2D eigenvalue weighted by Gasteiger charge is 2.22. The molecule has 1 unspecified atom stereocenters. The van der Waals surface area contributed by atoms with Gasteiger partial charge in [-0.15, -0.1) is 0 Å². The molecule has 0 aliphatic carbocycles. The molecule has 0 amide bonds. The van der Waals surface area contributed by atoms with Crippen molar-refractivity contribution in [1.82, 2.24) is 10.2 Å². The van der Waals surface area contributed by atoms with Crippen molar-refractivity contribution in [2.75, 3.05) is 20.1 Å². The minimum Gasteiger partial charge on any atom is -0.320 e. The second-order valence-corrected chi connectivity index (χ2v) is 5.61. The third-order valence-corrected chi connectivity index (χ3v) is 4.05. The van der Waals surface area contributed by atoms with Crippen LogP contribution in [0.4, 0.5) is 4.39 Å². The van der Waals surface area contributed by atoms with Gasteiger partial charge in [0.15, 0.2) is 0 Å². The molecule has 1 atom stereocenters. The van der Waals surface area contributed by atoms with Gasteiger partial charge in [0, 0.05) is 18.2 Å². The Hall–Kier alpha value is -0.930. The van der Waals surface area contributed by atoms with Crippen LogP contribution in [0.1, 0.15) is 36.8 Å². The highest BCUT2D eigenvalue weighted by Crippen LogP contribution is 2.23. The summed E-state index contributed by atoms with van der Waals surface area (Å²) in [4.78, 5) is 2.46. The third-order valence-electron chi connectivity index (χ3n) is 4.05. The van der Waals surface area contributed by atoms with E-state index < -0.39 is 0 Å². The number of hydrogen-bond acceptors (Lipinski definition) is 2. The van der Waals surface area contributed by atoms with Crippen molar-refractivity contribution in [1.29, 1.82) is 0 Å². The van der Waals surface area contributed by atoms with Crippen LogP contribution >= 0.6 is 0 Å². The van der Waals surface area contributed by atoms with E-state index in [1.807, 2.05) is 26.1 Å². The van der Waals surface area contributed by atoms with Gasteiger partial charge in [-0.25, -0.2) is 4.39 Å². The van der Waals surface area contributed by atoms with Crippen LogP contribution in [-0.2, 0) is 6.54 Å². The first kappa shape index (κ1) is 14.5. The van der Waals surface area contributed by atoms with Crippen LogP contribution in [0.3, 0.4) is 0 Å². The Bertz CT molecular complexity index is 406. The number of halogens is 1. The van der Waals surface area contributed by atoms with Gasteiger partial charge in [-0.1, -0.05) is 24.1 Å². The van der Waals surface area contributed by atoms with E-state index in [9.17, 15) is 4.39 Å². The molecule has 0 aromatic heterocycles. The molecule has 1 aliphatic rings. The smallest absolute Gasteiger partial charge is 0.127 e. The number of likely N-dealkylation sites (tertiary alicyclic amines) is 1. The van der Waals surface area contributed by atoms with Gasteiger partial charge in [0.1, 0.15) is 5.82 Å². The Morgan fingerprint density at radius 3 is 3.00 bits per heavy atom. The highest BCUT2D eigenvalue weighted by atomic mass is 19.1. The fourth-order valence-electron chi connectivity index (χ4n) is 2.95. The number of nitrogens with one attached hydrogen (secondary N) is 1. The number of benzene rings is 1. The first-order valence-corrected chi connectivity index (χ1v) is 7.34. The quantitative estimate of drug-likeness (QED) is 0.879. The third kappa shape index (κ3) is 4.02. The van der Waals surface area contributed by atoms with Crippen LogP contribution in [0.5, 0.6) is 0 Å². The normalized spacial score (nSPS) is 20.7. The van der Waals surface area contributed by atoms with E-state index in [-0.39, 0.29) is 5.82 Å². The van der Waals surface area contributed by atoms with E-state index in [1.54, 1.807) is 6.07 Å². The summed E-state index contributed by atoms with van der Waals surface area (Å²) in [6.07, 6.45) is 4.95. The Morgan fingerprint density at radius 1 is 1.37 bits per heavy atom. The predicted octanol–water partition coefficient (Wildman–Crippen LogP) is 3.10. The Labute approximate surface area is 116 Å². The molecule has 3 heteroatoms. The highest BCUT2D eigenvalue weighted by molar-refractivity contribution is 5.24. The maximum absolute atomic E-state index is 13.9. The first-order valence-electron chi connectivity index (χ1n) is 7.34. The number of piperidine rings is 1. The molecular weight excluding hydrogens is 239 g/mol. The lowest BCUT2D eigenvalue weighted by molar-refractivity contribution is 0.131. The van der Waals surface area contributed by atoms with Gasteiger partial charge in [0.25, 0.3) is 0 Å². The van der Waals surface area contributed by atoms with E-state index in [4.69, 9.17) is 0 Å². The topological polar surface area (TPSA) is 15.3 Å². The Morgan fingerprint density at radius 2 is 2.21 bits per heavy atom. The summed E-state index contributed by atoms with van der Waals surface area (Å²) in [5, 5.41) is 3.22. The molecule has 1 heterocycles. The molecule has 0 saturated carbocycles. The van der Waals surface area contributed by atoms with E-state index >= 15 is 0 Å². The molecule has 2 rings (SSSR count). The zero-order valence-electron chi connectivity index (χ0n) is 12.1. The molecule has 1 aromatic carbocycles. The molecule has 1 aromatic rings. The van der Waals surface area contributed by atoms with Crippen LogP contribution in [-0.4, -0.2) is 31.1 Å². The average molecular weight is 264 g/mol. The lowest BCUT2D eigenvalue weighted by atomic mass is 9.98. The lowest BCUT2D eigenvalue weighted by Crippen LogP contribution is -2.40. The number of aryl methyl sites for hydroxylation is 1. The maximum atomic E-state index is 13.9. The average Bonchev–Trinajstić information content (AvgIpc) is 2.42. The van der Waals surface area contributed by atoms with Crippen LogP contribution < -0.4 is 5.32 Å². The summed E-state index contributed by atoms with van der Waals surface area (Å²) in [7, 11) is 1.99. The fourth-order valence-corrected chi connectivity index (χ4v) is 2.95. The molecule has 0 bridgehead atoms. The van der Waals surface area contributed by atoms with E-state index in [1.165, 1.54) is 19.3 Å². The van der Waals surface area contributed by atoms with Crippen molar-refractivity contribution >= 4 is 0 Å². The Kier molecular flexibility index (Phi) is 5.34. The predicted molar refractivity (Wildman–Crippen MR) is 77.7 cm³/mol. The largest absolute Gasteiger partial charge is 0.320 e. The lowest BCUT2D eigenvalue weighted by Gasteiger charge is -2.36.